The van der Waals surface area contributed by atoms with Gasteiger partial charge in [0, 0.05) is 6.54 Å². The Labute approximate surface area is 159 Å². The molecule has 0 atom stereocenters. The molecule has 0 aromatic heterocycles. The fourth-order valence-electron chi connectivity index (χ4n) is 3.59. The third kappa shape index (κ3) is 20.1. The van der Waals surface area contributed by atoms with Crippen LogP contribution in [0.5, 0.6) is 0 Å². The summed E-state index contributed by atoms with van der Waals surface area (Å²) in [4.78, 5) is 2.47. The first-order valence-electron chi connectivity index (χ1n) is 11.7. The van der Waals surface area contributed by atoms with Gasteiger partial charge in [0.1, 0.15) is 0 Å². The lowest BCUT2D eigenvalue weighted by Gasteiger charge is -2.21. The molecule has 0 saturated heterocycles. The highest BCUT2D eigenvalue weighted by atomic mass is 16.3. The number of rotatable bonds is 21. The van der Waals surface area contributed by atoms with E-state index >= 15 is 0 Å². The SMILES string of the molecule is CCCCCCCCCCCCCCN(CCO)CCCCCCC. The lowest BCUT2D eigenvalue weighted by atomic mass is 10.1. The molecule has 0 fully saturated rings. The third-order valence-electron chi connectivity index (χ3n) is 5.32. The van der Waals surface area contributed by atoms with Crippen LogP contribution in [-0.4, -0.2) is 36.2 Å². The van der Waals surface area contributed by atoms with Gasteiger partial charge in [-0.1, -0.05) is 110 Å². The summed E-state index contributed by atoms with van der Waals surface area (Å²) in [6, 6.07) is 0. The smallest absolute Gasteiger partial charge is 0.0558 e. The fourth-order valence-corrected chi connectivity index (χ4v) is 3.59. The molecule has 0 unspecified atom stereocenters. The van der Waals surface area contributed by atoms with Crippen LogP contribution in [0.4, 0.5) is 0 Å². The van der Waals surface area contributed by atoms with Crippen LogP contribution in [-0.2, 0) is 0 Å². The molecule has 0 bridgehead atoms. The topological polar surface area (TPSA) is 23.5 Å². The van der Waals surface area contributed by atoms with E-state index in [4.69, 9.17) is 0 Å². The Morgan fingerprint density at radius 2 is 0.760 bits per heavy atom. The highest BCUT2D eigenvalue weighted by Crippen LogP contribution is 2.12. The highest BCUT2D eigenvalue weighted by Gasteiger charge is 2.03. The zero-order chi connectivity index (χ0) is 18.4. The van der Waals surface area contributed by atoms with Crippen LogP contribution in [0.1, 0.15) is 123 Å². The molecule has 0 radical (unpaired) electrons. The number of nitrogens with zero attached hydrogens (tertiary/aromatic N) is 1. The van der Waals surface area contributed by atoms with E-state index in [1.807, 2.05) is 0 Å². The zero-order valence-corrected chi connectivity index (χ0v) is 17.7. The van der Waals surface area contributed by atoms with Crippen LogP contribution in [0.3, 0.4) is 0 Å². The summed E-state index contributed by atoms with van der Waals surface area (Å²) >= 11 is 0. The number of aliphatic hydroxyl groups is 1. The summed E-state index contributed by atoms with van der Waals surface area (Å²) in [6.45, 7) is 8.11. The molecule has 0 heterocycles. The minimum absolute atomic E-state index is 0.313. The van der Waals surface area contributed by atoms with Gasteiger partial charge < -0.3 is 10.0 Å². The monoisotopic (exact) mass is 355 g/mol. The second kappa shape index (κ2) is 22.0. The van der Waals surface area contributed by atoms with Gasteiger partial charge in [-0.2, -0.15) is 0 Å². The van der Waals surface area contributed by atoms with Crippen molar-refractivity contribution in [2.75, 3.05) is 26.2 Å². The van der Waals surface area contributed by atoms with Crippen LogP contribution < -0.4 is 0 Å². The van der Waals surface area contributed by atoms with Crippen LogP contribution in [0, 0.1) is 0 Å². The molecule has 152 valence electrons. The van der Waals surface area contributed by atoms with E-state index in [0.717, 1.165) is 6.54 Å². The Kier molecular flexibility index (Phi) is 21.9. The maximum atomic E-state index is 9.23. The van der Waals surface area contributed by atoms with E-state index < -0.39 is 0 Å². The molecule has 2 nitrogen and oxygen atoms in total. The van der Waals surface area contributed by atoms with E-state index in [1.165, 1.54) is 122 Å². The van der Waals surface area contributed by atoms with Crippen molar-refractivity contribution in [3.8, 4) is 0 Å². The van der Waals surface area contributed by atoms with Crippen molar-refractivity contribution >= 4 is 0 Å². The fraction of sp³-hybridized carbons (Fsp3) is 1.00. The molecule has 0 amide bonds. The molecule has 0 aliphatic rings. The van der Waals surface area contributed by atoms with E-state index in [0.29, 0.717) is 6.61 Å². The van der Waals surface area contributed by atoms with Crippen LogP contribution in [0.25, 0.3) is 0 Å². The average Bonchev–Trinajstić information content (AvgIpc) is 2.62. The molecule has 0 saturated carbocycles. The largest absolute Gasteiger partial charge is 0.395 e. The molecule has 0 aromatic rings. The number of aliphatic hydroxyl groups excluding tert-OH is 1. The maximum absolute atomic E-state index is 9.23. The van der Waals surface area contributed by atoms with Gasteiger partial charge in [-0.25, -0.2) is 0 Å². The minimum atomic E-state index is 0.313. The van der Waals surface area contributed by atoms with Gasteiger partial charge in [-0.15, -0.1) is 0 Å². The lowest BCUT2D eigenvalue weighted by Crippen LogP contribution is -2.29. The van der Waals surface area contributed by atoms with Crippen molar-refractivity contribution in [1.29, 1.82) is 0 Å². The lowest BCUT2D eigenvalue weighted by molar-refractivity contribution is 0.190. The number of hydrogen-bond acceptors (Lipinski definition) is 2. The van der Waals surface area contributed by atoms with Crippen molar-refractivity contribution in [3.05, 3.63) is 0 Å². The highest BCUT2D eigenvalue weighted by molar-refractivity contribution is 4.59. The van der Waals surface area contributed by atoms with Gasteiger partial charge in [0.05, 0.1) is 6.61 Å². The molecule has 25 heavy (non-hydrogen) atoms. The van der Waals surface area contributed by atoms with Crippen molar-refractivity contribution in [3.63, 3.8) is 0 Å². The normalized spacial score (nSPS) is 11.5. The second-order valence-corrected chi connectivity index (χ2v) is 7.87. The van der Waals surface area contributed by atoms with E-state index in [2.05, 4.69) is 18.7 Å². The summed E-state index contributed by atoms with van der Waals surface area (Å²) in [5.74, 6) is 0. The Morgan fingerprint density at radius 1 is 0.440 bits per heavy atom. The first-order chi connectivity index (χ1) is 12.3. The summed E-state index contributed by atoms with van der Waals surface area (Å²) in [7, 11) is 0. The Morgan fingerprint density at radius 3 is 1.08 bits per heavy atom. The molecule has 2 heteroatoms. The summed E-state index contributed by atoms with van der Waals surface area (Å²) in [6.07, 6.45) is 23.7. The standard InChI is InChI=1S/C23H49NO/c1-3-5-7-9-10-11-12-13-14-15-17-19-21-24(22-23-25)20-18-16-8-6-4-2/h25H,3-23H2,1-2H3. The summed E-state index contributed by atoms with van der Waals surface area (Å²) in [5.41, 5.74) is 0. The van der Waals surface area contributed by atoms with E-state index in [1.54, 1.807) is 0 Å². The van der Waals surface area contributed by atoms with Crippen molar-refractivity contribution in [1.82, 2.24) is 4.90 Å². The molecule has 0 rings (SSSR count). The van der Waals surface area contributed by atoms with Gasteiger partial charge in [-0.3, -0.25) is 0 Å². The minimum Gasteiger partial charge on any atom is -0.395 e. The molecule has 0 aliphatic carbocycles. The molecule has 1 N–H and O–H groups in total. The first-order valence-corrected chi connectivity index (χ1v) is 11.7. The third-order valence-corrected chi connectivity index (χ3v) is 5.32. The van der Waals surface area contributed by atoms with Crippen molar-refractivity contribution < 1.29 is 5.11 Å². The van der Waals surface area contributed by atoms with Gasteiger partial charge in [0.15, 0.2) is 0 Å². The van der Waals surface area contributed by atoms with Gasteiger partial charge >= 0.3 is 0 Å². The van der Waals surface area contributed by atoms with Crippen molar-refractivity contribution in [2.24, 2.45) is 0 Å². The van der Waals surface area contributed by atoms with E-state index in [9.17, 15) is 5.11 Å². The Hall–Kier alpha value is -0.0800. The number of unbranched alkanes of at least 4 members (excludes halogenated alkanes) is 15. The maximum Gasteiger partial charge on any atom is 0.0558 e. The van der Waals surface area contributed by atoms with Crippen LogP contribution >= 0.6 is 0 Å². The molecule has 0 spiro atoms. The number of hydrogen-bond donors (Lipinski definition) is 1. The van der Waals surface area contributed by atoms with Crippen molar-refractivity contribution in [2.45, 2.75) is 123 Å². The predicted molar refractivity (Wildman–Crippen MR) is 113 cm³/mol. The van der Waals surface area contributed by atoms with Gasteiger partial charge in [0.25, 0.3) is 0 Å². The summed E-state index contributed by atoms with van der Waals surface area (Å²) in [5, 5.41) is 9.23. The molecular formula is C23H49NO. The first kappa shape index (κ1) is 24.9. The second-order valence-electron chi connectivity index (χ2n) is 7.87. The molecule has 0 aliphatic heterocycles. The zero-order valence-electron chi connectivity index (χ0n) is 17.7. The quantitative estimate of drug-likeness (QED) is 0.225. The summed E-state index contributed by atoms with van der Waals surface area (Å²) < 4.78 is 0. The molecular weight excluding hydrogens is 306 g/mol. The van der Waals surface area contributed by atoms with Gasteiger partial charge in [0.2, 0.25) is 0 Å². The Bertz CT molecular complexity index is 232. The van der Waals surface area contributed by atoms with Gasteiger partial charge in [-0.05, 0) is 25.9 Å². The predicted octanol–water partition coefficient (Wildman–Crippen LogP) is 6.95. The average molecular weight is 356 g/mol. The van der Waals surface area contributed by atoms with Crippen LogP contribution in [0.15, 0.2) is 0 Å². The van der Waals surface area contributed by atoms with Crippen LogP contribution in [0.2, 0.25) is 0 Å². The van der Waals surface area contributed by atoms with E-state index in [-0.39, 0.29) is 0 Å². The molecule has 0 aromatic carbocycles. The Balaban J connectivity index is 3.35.